The lowest BCUT2D eigenvalue weighted by atomic mass is 10.0. The molecular formula is C39H34N6O3S. The summed E-state index contributed by atoms with van der Waals surface area (Å²) < 4.78 is 28.9. The van der Waals surface area contributed by atoms with Crippen LogP contribution >= 0.6 is 0 Å². The number of rotatable bonds is 7. The summed E-state index contributed by atoms with van der Waals surface area (Å²) >= 11 is 0. The zero-order valence-electron chi connectivity index (χ0n) is 26.7. The number of nitrogen functional groups attached to an aromatic ring is 1. The fraction of sp³-hybridized carbons (Fsp3) is 0.154. The number of piperidine rings is 1. The molecule has 1 saturated heterocycles. The Bertz CT molecular complexity index is 2470. The minimum absolute atomic E-state index is 0.0402. The van der Waals surface area contributed by atoms with Gasteiger partial charge in [0.1, 0.15) is 0 Å². The Hall–Kier alpha value is -5.58. The Morgan fingerprint density at radius 3 is 2.08 bits per heavy atom. The standard InChI is InChI=1S/C39H34N6O3S/c40-29-14-16-31(17-15-29)49(47,48)32-18-19-33-35(24-32)42-38(37(41-33)27-6-2-1-3-7-27)28-12-10-26(11-13-28)25-44-22-20-30(21-23-44)45-36-9-5-4-8-34(36)43-39(45)46/h1-19,24,30H,20-23,25,40H2,(H,43,46). The molecule has 3 N–H and O–H groups in total. The van der Waals surface area contributed by atoms with E-state index in [9.17, 15) is 13.2 Å². The number of H-pyrrole nitrogens is 1. The fourth-order valence-corrected chi connectivity index (χ4v) is 8.06. The number of nitrogens with one attached hydrogen (secondary N) is 1. The molecule has 0 spiro atoms. The van der Waals surface area contributed by atoms with Crippen molar-refractivity contribution in [1.29, 1.82) is 0 Å². The van der Waals surface area contributed by atoms with E-state index in [1.807, 2.05) is 59.2 Å². The van der Waals surface area contributed by atoms with Crippen LogP contribution in [0.1, 0.15) is 24.4 Å². The van der Waals surface area contributed by atoms with Crippen molar-refractivity contribution in [3.05, 3.63) is 137 Å². The highest BCUT2D eigenvalue weighted by Gasteiger charge is 2.24. The SMILES string of the molecule is Nc1ccc(S(=O)(=O)c2ccc3nc(-c4ccccc4)c(-c4ccc(CN5CCC(n6c(=O)[nH]c7ccccc76)CC5)cc4)nc3c2)cc1. The van der Waals surface area contributed by atoms with Crippen molar-refractivity contribution in [1.82, 2.24) is 24.4 Å². The van der Waals surface area contributed by atoms with Gasteiger partial charge in [-0.2, -0.15) is 0 Å². The Labute approximate surface area is 283 Å². The largest absolute Gasteiger partial charge is 0.399 e. The van der Waals surface area contributed by atoms with Gasteiger partial charge in [-0.1, -0.05) is 66.7 Å². The molecule has 0 aliphatic carbocycles. The number of imidazole rings is 1. The molecule has 1 aliphatic heterocycles. The maximum atomic E-state index is 13.5. The molecule has 0 bridgehead atoms. The number of hydrogen-bond acceptors (Lipinski definition) is 7. The number of benzene rings is 5. The van der Waals surface area contributed by atoms with Crippen molar-refractivity contribution in [2.45, 2.75) is 35.2 Å². The van der Waals surface area contributed by atoms with Crippen LogP contribution in [0.3, 0.4) is 0 Å². The number of fused-ring (bicyclic) bond motifs is 2. The first kappa shape index (κ1) is 30.7. The minimum atomic E-state index is -3.78. The normalized spacial score (nSPS) is 14.4. The van der Waals surface area contributed by atoms with Crippen molar-refractivity contribution >= 4 is 37.6 Å². The first-order chi connectivity index (χ1) is 23.8. The van der Waals surface area contributed by atoms with E-state index in [1.165, 1.54) is 17.7 Å². The predicted molar refractivity (Wildman–Crippen MR) is 193 cm³/mol. The van der Waals surface area contributed by atoms with E-state index in [4.69, 9.17) is 15.7 Å². The Balaban J connectivity index is 1.06. The van der Waals surface area contributed by atoms with Crippen LogP contribution in [0.5, 0.6) is 0 Å². The number of hydrogen-bond donors (Lipinski definition) is 2. The molecule has 2 aromatic heterocycles. The third-order valence-corrected chi connectivity index (χ3v) is 11.1. The second kappa shape index (κ2) is 12.5. The summed E-state index contributed by atoms with van der Waals surface area (Å²) in [7, 11) is -3.78. The molecule has 3 heterocycles. The van der Waals surface area contributed by atoms with Crippen LogP contribution in [-0.4, -0.2) is 45.9 Å². The lowest BCUT2D eigenvalue weighted by Gasteiger charge is -2.32. The molecule has 0 amide bonds. The van der Waals surface area contributed by atoms with Gasteiger partial charge in [-0.3, -0.25) is 9.47 Å². The van der Waals surface area contributed by atoms with E-state index >= 15 is 0 Å². The lowest BCUT2D eigenvalue weighted by molar-refractivity contribution is 0.180. The molecule has 1 fully saturated rings. The summed E-state index contributed by atoms with van der Waals surface area (Å²) in [5, 5.41) is 0. The number of likely N-dealkylation sites (tertiary alicyclic amines) is 1. The van der Waals surface area contributed by atoms with Gasteiger partial charge in [0.2, 0.25) is 9.84 Å². The molecular weight excluding hydrogens is 633 g/mol. The van der Waals surface area contributed by atoms with Gasteiger partial charge in [0.25, 0.3) is 0 Å². The molecule has 7 aromatic rings. The van der Waals surface area contributed by atoms with Gasteiger partial charge in [0.15, 0.2) is 0 Å². The number of nitrogens with two attached hydrogens (primary N) is 1. The zero-order valence-corrected chi connectivity index (χ0v) is 27.5. The van der Waals surface area contributed by atoms with Gasteiger partial charge >= 0.3 is 5.69 Å². The van der Waals surface area contributed by atoms with Gasteiger partial charge < -0.3 is 10.7 Å². The monoisotopic (exact) mass is 666 g/mol. The molecule has 244 valence electrons. The van der Waals surface area contributed by atoms with Crippen LogP contribution in [0.15, 0.2) is 136 Å². The van der Waals surface area contributed by atoms with Gasteiger partial charge in [0, 0.05) is 42.5 Å². The Morgan fingerprint density at radius 1 is 0.714 bits per heavy atom. The van der Waals surface area contributed by atoms with Crippen molar-refractivity contribution in [3.8, 4) is 22.5 Å². The summed E-state index contributed by atoms with van der Waals surface area (Å²) in [5.41, 5.74) is 13.6. The highest BCUT2D eigenvalue weighted by atomic mass is 32.2. The first-order valence-electron chi connectivity index (χ1n) is 16.3. The van der Waals surface area contributed by atoms with E-state index < -0.39 is 9.84 Å². The number of aromatic amines is 1. The van der Waals surface area contributed by atoms with Crippen molar-refractivity contribution in [2.75, 3.05) is 18.8 Å². The second-order valence-electron chi connectivity index (χ2n) is 12.5. The highest BCUT2D eigenvalue weighted by molar-refractivity contribution is 7.91. The number of para-hydroxylation sites is 2. The second-order valence-corrected chi connectivity index (χ2v) is 14.5. The quantitative estimate of drug-likeness (QED) is 0.178. The molecule has 1 aliphatic rings. The van der Waals surface area contributed by atoms with E-state index in [1.54, 1.807) is 30.3 Å². The van der Waals surface area contributed by atoms with Crippen molar-refractivity contribution < 1.29 is 8.42 Å². The van der Waals surface area contributed by atoms with Crippen LogP contribution in [0, 0.1) is 0 Å². The lowest BCUT2D eigenvalue weighted by Crippen LogP contribution is -2.36. The Morgan fingerprint density at radius 2 is 1.35 bits per heavy atom. The molecule has 0 unspecified atom stereocenters. The van der Waals surface area contributed by atoms with E-state index in [0.717, 1.165) is 60.3 Å². The van der Waals surface area contributed by atoms with Crippen LogP contribution < -0.4 is 11.4 Å². The number of anilines is 1. The molecule has 9 nitrogen and oxygen atoms in total. The third kappa shape index (κ3) is 5.90. The fourth-order valence-electron chi connectivity index (χ4n) is 6.78. The van der Waals surface area contributed by atoms with Crippen LogP contribution in [0.2, 0.25) is 0 Å². The topological polar surface area (TPSA) is 127 Å². The smallest absolute Gasteiger partial charge is 0.326 e. The van der Waals surface area contributed by atoms with Crippen LogP contribution in [0.4, 0.5) is 5.69 Å². The van der Waals surface area contributed by atoms with Gasteiger partial charge in [-0.15, -0.1) is 0 Å². The van der Waals surface area contributed by atoms with Crippen molar-refractivity contribution in [2.24, 2.45) is 0 Å². The average molecular weight is 667 g/mol. The zero-order chi connectivity index (χ0) is 33.5. The summed E-state index contributed by atoms with van der Waals surface area (Å²) in [5.74, 6) is 0. The van der Waals surface area contributed by atoms with Crippen molar-refractivity contribution in [3.63, 3.8) is 0 Å². The molecule has 0 atom stereocenters. The number of nitrogens with zero attached hydrogens (tertiary/aromatic N) is 4. The van der Waals surface area contributed by atoms with Gasteiger partial charge in [0.05, 0.1) is 43.2 Å². The summed E-state index contributed by atoms with van der Waals surface area (Å²) in [6.45, 7) is 2.60. The molecule has 8 rings (SSSR count). The van der Waals surface area contributed by atoms with Crippen LogP contribution in [-0.2, 0) is 16.4 Å². The molecule has 0 saturated carbocycles. The van der Waals surface area contributed by atoms with Gasteiger partial charge in [-0.25, -0.2) is 23.2 Å². The molecule has 49 heavy (non-hydrogen) atoms. The first-order valence-corrected chi connectivity index (χ1v) is 17.8. The predicted octanol–water partition coefficient (Wildman–Crippen LogP) is 6.86. The maximum Gasteiger partial charge on any atom is 0.326 e. The molecule has 5 aromatic carbocycles. The summed E-state index contributed by atoms with van der Waals surface area (Å²) in [6, 6.07) is 37.4. The number of aromatic nitrogens is 4. The molecule has 10 heteroatoms. The third-order valence-electron chi connectivity index (χ3n) is 9.36. The van der Waals surface area contributed by atoms with E-state index in [0.29, 0.717) is 22.4 Å². The van der Waals surface area contributed by atoms with Gasteiger partial charge in [-0.05, 0) is 73.0 Å². The molecule has 0 radical (unpaired) electrons. The van der Waals surface area contributed by atoms with E-state index in [-0.39, 0.29) is 21.5 Å². The summed E-state index contributed by atoms with van der Waals surface area (Å²) in [4.78, 5) is 28.5. The van der Waals surface area contributed by atoms with Crippen LogP contribution in [0.25, 0.3) is 44.6 Å². The minimum Gasteiger partial charge on any atom is -0.399 e. The van der Waals surface area contributed by atoms with E-state index in [2.05, 4.69) is 34.1 Å². The highest BCUT2D eigenvalue weighted by Crippen LogP contribution is 2.33. The summed E-state index contributed by atoms with van der Waals surface area (Å²) in [6.07, 6.45) is 1.81. The Kier molecular flexibility index (Phi) is 7.82. The maximum absolute atomic E-state index is 13.5. The average Bonchev–Trinajstić information content (AvgIpc) is 3.47. The number of sulfone groups is 1.